The molecule has 3 rings (SSSR count). The molecule has 0 saturated heterocycles. The van der Waals surface area contributed by atoms with Gasteiger partial charge in [0, 0.05) is 46.7 Å². The third-order valence-electron chi connectivity index (χ3n) is 7.97. The Bertz CT molecular complexity index is 1360. The van der Waals surface area contributed by atoms with Gasteiger partial charge in [-0.2, -0.15) is 5.26 Å². The second kappa shape index (κ2) is 14.4. The molecule has 3 nitrogen and oxygen atoms in total. The van der Waals surface area contributed by atoms with Gasteiger partial charge in [-0.25, -0.2) is 0 Å². The molecular weight excluding hydrogens is 510 g/mol. The molecule has 0 fully saturated rings. The van der Waals surface area contributed by atoms with Crippen molar-refractivity contribution < 1.29 is 0 Å². The van der Waals surface area contributed by atoms with Crippen LogP contribution in [0.3, 0.4) is 0 Å². The van der Waals surface area contributed by atoms with Crippen LogP contribution in [0.15, 0.2) is 92.0 Å². The Morgan fingerprint density at radius 2 is 1.24 bits per heavy atom. The van der Waals surface area contributed by atoms with Gasteiger partial charge in [0.05, 0.1) is 12.0 Å². The van der Waals surface area contributed by atoms with Gasteiger partial charge < -0.3 is 9.80 Å². The molecule has 0 bridgehead atoms. The van der Waals surface area contributed by atoms with Gasteiger partial charge in [0.1, 0.15) is 0 Å². The Hall–Kier alpha value is -3.77. The second-order valence-electron chi connectivity index (χ2n) is 13.3. The monoisotopic (exact) mass is 561 g/mol. The van der Waals surface area contributed by atoms with Crippen LogP contribution in [0.4, 0.5) is 0 Å². The van der Waals surface area contributed by atoms with Gasteiger partial charge >= 0.3 is 0 Å². The van der Waals surface area contributed by atoms with E-state index in [-0.39, 0.29) is 17.0 Å². The highest BCUT2D eigenvalue weighted by atomic mass is 15.2. The molecule has 1 atom stereocenters. The van der Waals surface area contributed by atoms with Crippen LogP contribution in [0.1, 0.15) is 89.1 Å². The SMILES string of the molecule is C=C(c1ccccc1CCC(C#N)Cc1ccccc1C(=C)N(Cc1ccccc1)C(C)(C)C)N(CCC)C(C)(C)C. The molecule has 0 saturated carbocycles. The molecule has 1 unspecified atom stereocenters. The van der Waals surface area contributed by atoms with E-state index in [0.29, 0.717) is 6.42 Å². The average Bonchev–Trinajstić information content (AvgIpc) is 2.96. The lowest BCUT2D eigenvalue weighted by Crippen LogP contribution is -2.40. The van der Waals surface area contributed by atoms with E-state index < -0.39 is 0 Å². The normalized spacial score (nSPS) is 12.3. The smallest absolute Gasteiger partial charge is 0.0659 e. The van der Waals surface area contributed by atoms with Crippen molar-refractivity contribution in [1.82, 2.24) is 9.80 Å². The van der Waals surface area contributed by atoms with Crippen LogP contribution < -0.4 is 0 Å². The minimum atomic E-state index is -0.112. The largest absolute Gasteiger partial charge is 0.367 e. The van der Waals surface area contributed by atoms with Crippen molar-refractivity contribution in [2.75, 3.05) is 6.54 Å². The summed E-state index contributed by atoms with van der Waals surface area (Å²) in [5.41, 5.74) is 7.94. The zero-order chi connectivity index (χ0) is 30.9. The Kier molecular flexibility index (Phi) is 11.2. The lowest BCUT2D eigenvalue weighted by Gasteiger charge is -2.40. The topological polar surface area (TPSA) is 30.3 Å². The highest BCUT2D eigenvalue weighted by Gasteiger charge is 2.26. The maximum Gasteiger partial charge on any atom is 0.0659 e. The minimum absolute atomic E-state index is 0.0110. The summed E-state index contributed by atoms with van der Waals surface area (Å²) >= 11 is 0. The highest BCUT2D eigenvalue weighted by molar-refractivity contribution is 5.67. The van der Waals surface area contributed by atoms with Crippen molar-refractivity contribution in [2.24, 2.45) is 5.92 Å². The lowest BCUT2D eigenvalue weighted by atomic mass is 9.89. The zero-order valence-corrected chi connectivity index (χ0v) is 27.1. The molecule has 42 heavy (non-hydrogen) atoms. The van der Waals surface area contributed by atoms with E-state index in [0.717, 1.165) is 49.3 Å². The molecular formula is C39H51N3. The molecule has 3 heteroatoms. The van der Waals surface area contributed by atoms with E-state index in [9.17, 15) is 5.26 Å². The molecule has 0 aliphatic heterocycles. The first-order chi connectivity index (χ1) is 19.9. The van der Waals surface area contributed by atoms with Gasteiger partial charge in [-0.05, 0) is 83.9 Å². The molecule has 0 spiro atoms. The minimum Gasteiger partial charge on any atom is -0.367 e. The molecule has 0 N–H and O–H groups in total. The standard InChI is InChI=1S/C39H51N3/c1-10-26-41(38(4,5)6)30(2)36-22-16-14-20-34(36)25-24-33(28-40)27-35-21-15-17-23-37(35)31(3)42(39(7,8)9)29-32-18-12-11-13-19-32/h11-23,33H,2-3,10,24-27,29H2,1,4-9H3. The van der Waals surface area contributed by atoms with Crippen LogP contribution in [0.5, 0.6) is 0 Å². The fourth-order valence-electron chi connectivity index (χ4n) is 5.70. The van der Waals surface area contributed by atoms with E-state index in [2.05, 4.69) is 156 Å². The van der Waals surface area contributed by atoms with Gasteiger partial charge in [-0.3, -0.25) is 0 Å². The fourth-order valence-corrected chi connectivity index (χ4v) is 5.70. The average molecular weight is 562 g/mol. The zero-order valence-electron chi connectivity index (χ0n) is 27.1. The molecule has 0 aliphatic rings. The molecule has 222 valence electrons. The van der Waals surface area contributed by atoms with Crippen molar-refractivity contribution in [3.8, 4) is 6.07 Å². The number of aryl methyl sites for hydroxylation is 1. The number of hydrogen-bond acceptors (Lipinski definition) is 3. The van der Waals surface area contributed by atoms with Crippen molar-refractivity contribution in [3.63, 3.8) is 0 Å². The van der Waals surface area contributed by atoms with Crippen LogP contribution >= 0.6 is 0 Å². The van der Waals surface area contributed by atoms with Crippen molar-refractivity contribution >= 4 is 11.4 Å². The number of benzene rings is 3. The first-order valence-corrected chi connectivity index (χ1v) is 15.4. The molecule has 3 aromatic rings. The summed E-state index contributed by atoms with van der Waals surface area (Å²) in [4.78, 5) is 4.79. The van der Waals surface area contributed by atoms with E-state index >= 15 is 0 Å². The van der Waals surface area contributed by atoms with E-state index in [1.807, 2.05) is 0 Å². The summed E-state index contributed by atoms with van der Waals surface area (Å²) in [6.07, 6.45) is 3.39. The maximum atomic E-state index is 10.3. The number of hydrogen-bond donors (Lipinski definition) is 0. The Balaban J connectivity index is 1.81. The number of nitriles is 1. The number of rotatable bonds is 13. The molecule has 3 aromatic carbocycles. The maximum absolute atomic E-state index is 10.3. The number of nitrogens with zero attached hydrogens (tertiary/aromatic N) is 3. The van der Waals surface area contributed by atoms with E-state index in [4.69, 9.17) is 0 Å². The third kappa shape index (κ3) is 8.62. The predicted molar refractivity (Wildman–Crippen MR) is 181 cm³/mol. The summed E-state index contributed by atoms with van der Waals surface area (Å²) in [6, 6.07) is 30.2. The Morgan fingerprint density at radius 1 is 0.738 bits per heavy atom. The first-order valence-electron chi connectivity index (χ1n) is 15.4. The van der Waals surface area contributed by atoms with Gasteiger partial charge in [0.25, 0.3) is 0 Å². The molecule has 0 heterocycles. The quantitative estimate of drug-likeness (QED) is 0.208. The van der Waals surface area contributed by atoms with Gasteiger partial charge in [0.15, 0.2) is 0 Å². The van der Waals surface area contributed by atoms with Crippen LogP contribution in [0.2, 0.25) is 0 Å². The summed E-state index contributed by atoms with van der Waals surface area (Å²) < 4.78 is 0. The Labute approximate surface area is 256 Å². The van der Waals surface area contributed by atoms with Gasteiger partial charge in [0.2, 0.25) is 0 Å². The summed E-state index contributed by atoms with van der Waals surface area (Å²) in [7, 11) is 0. The molecule has 0 aliphatic carbocycles. The van der Waals surface area contributed by atoms with Crippen LogP contribution in [-0.2, 0) is 19.4 Å². The predicted octanol–water partition coefficient (Wildman–Crippen LogP) is 9.75. The third-order valence-corrected chi connectivity index (χ3v) is 7.97. The van der Waals surface area contributed by atoms with Gasteiger partial charge in [-0.15, -0.1) is 0 Å². The first kappa shape index (κ1) is 32.7. The van der Waals surface area contributed by atoms with Crippen molar-refractivity contribution in [3.05, 3.63) is 120 Å². The van der Waals surface area contributed by atoms with Crippen molar-refractivity contribution in [2.45, 2.75) is 91.8 Å². The summed E-state index contributed by atoms with van der Waals surface area (Å²) in [5.74, 6) is -0.105. The van der Waals surface area contributed by atoms with E-state index in [1.54, 1.807) is 0 Å². The Morgan fingerprint density at radius 3 is 1.79 bits per heavy atom. The van der Waals surface area contributed by atoms with Gasteiger partial charge in [-0.1, -0.05) is 98.9 Å². The summed E-state index contributed by atoms with van der Waals surface area (Å²) in [6.45, 7) is 26.5. The fraction of sp³-hybridized carbons (Fsp3) is 0.410. The molecule has 0 amide bonds. The summed E-state index contributed by atoms with van der Waals surface area (Å²) in [5, 5.41) is 10.3. The second-order valence-corrected chi connectivity index (χ2v) is 13.3. The van der Waals surface area contributed by atoms with Crippen LogP contribution in [-0.4, -0.2) is 27.4 Å². The highest BCUT2D eigenvalue weighted by Crippen LogP contribution is 2.33. The van der Waals surface area contributed by atoms with E-state index in [1.165, 1.54) is 22.3 Å². The lowest BCUT2D eigenvalue weighted by molar-refractivity contribution is 0.214. The van der Waals surface area contributed by atoms with Crippen molar-refractivity contribution in [1.29, 1.82) is 5.26 Å². The van der Waals surface area contributed by atoms with Crippen LogP contribution in [0.25, 0.3) is 11.4 Å². The molecule has 0 aromatic heterocycles. The molecule has 0 radical (unpaired) electrons. The van der Waals surface area contributed by atoms with Crippen LogP contribution in [0, 0.1) is 17.2 Å².